The van der Waals surface area contributed by atoms with Crippen LogP contribution in [0.2, 0.25) is 0 Å². The van der Waals surface area contributed by atoms with E-state index < -0.39 is 0 Å². The summed E-state index contributed by atoms with van der Waals surface area (Å²) in [6.07, 6.45) is 0. The Morgan fingerprint density at radius 3 is 1.83 bits per heavy atom. The van der Waals surface area contributed by atoms with Crippen molar-refractivity contribution in [3.8, 4) is 0 Å². The molecule has 0 unspecified atom stereocenters. The Balaban J connectivity index is 2.88. The summed E-state index contributed by atoms with van der Waals surface area (Å²) < 4.78 is 0. The smallest absolute Gasteiger partial charge is 0.178 e. The average molecular weight is 243 g/mol. The third-order valence-corrected chi connectivity index (χ3v) is 3.49. The van der Waals surface area contributed by atoms with E-state index >= 15 is 0 Å². The van der Waals surface area contributed by atoms with Crippen molar-refractivity contribution >= 4 is 11.2 Å². The van der Waals surface area contributed by atoms with Gasteiger partial charge in [0, 0.05) is 5.41 Å². The molecule has 0 aliphatic heterocycles. The van der Waals surface area contributed by atoms with Crippen molar-refractivity contribution in [3.63, 3.8) is 0 Å². The third-order valence-electron chi connectivity index (χ3n) is 3.49. The van der Waals surface area contributed by atoms with Gasteiger partial charge in [-0.25, -0.2) is 15.0 Å². The van der Waals surface area contributed by atoms with Crippen LogP contribution in [0.5, 0.6) is 0 Å². The van der Waals surface area contributed by atoms with Crippen molar-refractivity contribution in [3.05, 3.63) is 28.2 Å². The van der Waals surface area contributed by atoms with Crippen molar-refractivity contribution in [2.75, 3.05) is 0 Å². The second-order valence-electron chi connectivity index (χ2n) is 6.03. The molecule has 3 nitrogen and oxygen atoms in total. The van der Waals surface area contributed by atoms with Gasteiger partial charge in [0.2, 0.25) is 0 Å². The first kappa shape index (κ1) is 12.9. The molecule has 0 N–H and O–H groups in total. The number of rotatable bonds is 0. The van der Waals surface area contributed by atoms with Crippen molar-refractivity contribution in [2.24, 2.45) is 0 Å². The highest BCUT2D eigenvalue weighted by molar-refractivity contribution is 5.76. The second kappa shape index (κ2) is 4.01. The Hall–Kier alpha value is -1.51. The highest BCUT2D eigenvalue weighted by Gasteiger charge is 2.21. The van der Waals surface area contributed by atoms with E-state index in [4.69, 9.17) is 4.98 Å². The molecular formula is C15H21N3. The van der Waals surface area contributed by atoms with E-state index in [1.165, 1.54) is 11.1 Å². The molecule has 0 fully saturated rings. The number of hydrogen-bond donors (Lipinski definition) is 0. The quantitative estimate of drug-likeness (QED) is 0.710. The van der Waals surface area contributed by atoms with Crippen molar-refractivity contribution < 1.29 is 0 Å². The van der Waals surface area contributed by atoms with Crippen LogP contribution in [0.15, 0.2) is 0 Å². The summed E-state index contributed by atoms with van der Waals surface area (Å²) in [5, 5.41) is 0. The first-order chi connectivity index (χ1) is 8.21. The Bertz CT molecular complexity index is 622. The molecule has 2 heterocycles. The SMILES string of the molecule is Cc1nc2nc(C(C)(C)C)c(C)c(C)c2nc1C. The van der Waals surface area contributed by atoms with Crippen LogP contribution in [0.1, 0.15) is 49.0 Å². The molecule has 0 saturated carbocycles. The van der Waals surface area contributed by atoms with Crippen LogP contribution in [0, 0.1) is 27.7 Å². The minimum atomic E-state index is 0.0313. The summed E-state index contributed by atoms with van der Waals surface area (Å²) in [4.78, 5) is 13.9. The summed E-state index contributed by atoms with van der Waals surface area (Å²) in [7, 11) is 0. The first-order valence-corrected chi connectivity index (χ1v) is 6.34. The monoisotopic (exact) mass is 243 g/mol. The van der Waals surface area contributed by atoms with Gasteiger partial charge in [-0.1, -0.05) is 20.8 Å². The molecule has 0 amide bonds. The van der Waals surface area contributed by atoms with Crippen LogP contribution in [0.25, 0.3) is 11.2 Å². The molecule has 2 aromatic rings. The molecule has 2 aromatic heterocycles. The average Bonchev–Trinajstić information content (AvgIpc) is 2.25. The zero-order chi connectivity index (χ0) is 13.7. The first-order valence-electron chi connectivity index (χ1n) is 6.34. The van der Waals surface area contributed by atoms with Gasteiger partial charge >= 0.3 is 0 Å². The van der Waals surface area contributed by atoms with Crippen molar-refractivity contribution in [1.29, 1.82) is 0 Å². The Morgan fingerprint density at radius 2 is 1.28 bits per heavy atom. The van der Waals surface area contributed by atoms with Gasteiger partial charge in [0.05, 0.1) is 17.1 Å². The van der Waals surface area contributed by atoms with Crippen LogP contribution < -0.4 is 0 Å². The maximum atomic E-state index is 4.74. The largest absolute Gasteiger partial charge is 0.248 e. The molecule has 2 rings (SSSR count). The van der Waals surface area contributed by atoms with E-state index in [2.05, 4.69) is 44.6 Å². The molecule has 0 radical (unpaired) electrons. The van der Waals surface area contributed by atoms with Gasteiger partial charge in [-0.05, 0) is 38.8 Å². The predicted molar refractivity (Wildman–Crippen MR) is 75.0 cm³/mol. The number of nitrogens with zero attached hydrogens (tertiary/aromatic N) is 3. The molecular weight excluding hydrogens is 222 g/mol. The predicted octanol–water partition coefficient (Wildman–Crippen LogP) is 3.56. The van der Waals surface area contributed by atoms with Gasteiger partial charge in [0.15, 0.2) is 5.65 Å². The Morgan fingerprint density at radius 1 is 0.722 bits per heavy atom. The maximum Gasteiger partial charge on any atom is 0.178 e. The van der Waals surface area contributed by atoms with Gasteiger partial charge in [0.25, 0.3) is 0 Å². The Kier molecular flexibility index (Phi) is 2.88. The molecule has 0 saturated heterocycles. The van der Waals surface area contributed by atoms with Crippen LogP contribution in [0.4, 0.5) is 0 Å². The minimum absolute atomic E-state index is 0.0313. The van der Waals surface area contributed by atoms with Crippen molar-refractivity contribution in [2.45, 2.75) is 53.9 Å². The fourth-order valence-corrected chi connectivity index (χ4v) is 2.20. The highest BCUT2D eigenvalue weighted by Crippen LogP contribution is 2.28. The molecule has 0 spiro atoms. The zero-order valence-corrected chi connectivity index (χ0v) is 12.3. The van der Waals surface area contributed by atoms with Gasteiger partial charge in [-0.15, -0.1) is 0 Å². The molecule has 0 aromatic carbocycles. The Labute approximate surface area is 109 Å². The van der Waals surface area contributed by atoms with E-state index in [9.17, 15) is 0 Å². The fourth-order valence-electron chi connectivity index (χ4n) is 2.20. The van der Waals surface area contributed by atoms with Gasteiger partial charge in [-0.3, -0.25) is 0 Å². The summed E-state index contributed by atoms with van der Waals surface area (Å²) in [6, 6.07) is 0. The number of aromatic nitrogens is 3. The number of fused-ring (bicyclic) bond motifs is 1. The summed E-state index contributed by atoms with van der Waals surface area (Å²) >= 11 is 0. The molecule has 0 atom stereocenters. The van der Waals surface area contributed by atoms with E-state index in [-0.39, 0.29) is 5.41 Å². The normalized spacial score (nSPS) is 12.2. The van der Waals surface area contributed by atoms with E-state index in [1.54, 1.807) is 0 Å². The lowest BCUT2D eigenvalue weighted by molar-refractivity contribution is 0.565. The van der Waals surface area contributed by atoms with Gasteiger partial charge in [-0.2, -0.15) is 0 Å². The molecule has 3 heteroatoms. The molecule has 96 valence electrons. The van der Waals surface area contributed by atoms with Crippen LogP contribution in [-0.2, 0) is 5.41 Å². The van der Waals surface area contributed by atoms with Gasteiger partial charge in [0.1, 0.15) is 5.52 Å². The lowest BCUT2D eigenvalue weighted by atomic mass is 9.87. The number of hydrogen-bond acceptors (Lipinski definition) is 3. The minimum Gasteiger partial charge on any atom is -0.248 e. The lowest BCUT2D eigenvalue weighted by Gasteiger charge is -2.22. The van der Waals surface area contributed by atoms with E-state index in [1.807, 2.05) is 13.8 Å². The molecule has 0 aliphatic rings. The molecule has 0 bridgehead atoms. The maximum absolute atomic E-state index is 4.74. The van der Waals surface area contributed by atoms with Crippen LogP contribution >= 0.6 is 0 Å². The number of pyridine rings is 1. The molecule has 0 aliphatic carbocycles. The van der Waals surface area contributed by atoms with Gasteiger partial charge < -0.3 is 0 Å². The van der Waals surface area contributed by atoms with Crippen LogP contribution in [0.3, 0.4) is 0 Å². The number of aryl methyl sites for hydroxylation is 3. The van der Waals surface area contributed by atoms with Crippen LogP contribution in [-0.4, -0.2) is 15.0 Å². The lowest BCUT2D eigenvalue weighted by Crippen LogP contribution is -2.17. The zero-order valence-electron chi connectivity index (χ0n) is 12.3. The van der Waals surface area contributed by atoms with E-state index in [0.29, 0.717) is 0 Å². The molecule has 18 heavy (non-hydrogen) atoms. The standard InChI is InChI=1S/C15H21N3/c1-8-9(2)13(15(5,6)7)18-14-12(8)16-10(3)11(4)17-14/h1-7H3. The third kappa shape index (κ3) is 1.98. The topological polar surface area (TPSA) is 38.7 Å². The summed E-state index contributed by atoms with van der Waals surface area (Å²) in [6.45, 7) is 14.8. The van der Waals surface area contributed by atoms with Crippen molar-refractivity contribution in [1.82, 2.24) is 15.0 Å². The fraction of sp³-hybridized carbons (Fsp3) is 0.533. The second-order valence-corrected chi connectivity index (χ2v) is 6.03. The summed E-state index contributed by atoms with van der Waals surface area (Å²) in [5.74, 6) is 0. The highest BCUT2D eigenvalue weighted by atomic mass is 14.9. The summed E-state index contributed by atoms with van der Waals surface area (Å²) in [5.41, 5.74) is 7.21. The van der Waals surface area contributed by atoms with E-state index in [0.717, 1.165) is 28.2 Å².